The van der Waals surface area contributed by atoms with Crippen LogP contribution in [-0.2, 0) is 22.9 Å². The average Bonchev–Trinajstić information content (AvgIpc) is 3.32. The fraction of sp³-hybridized carbons (Fsp3) is 0.556. The zero-order valence-corrected chi connectivity index (χ0v) is 15.4. The van der Waals surface area contributed by atoms with Gasteiger partial charge in [-0.3, -0.25) is 9.67 Å². The minimum atomic E-state index is -0.00283. The molecular formula is C18H27N5O3. The highest BCUT2D eigenvalue weighted by Crippen LogP contribution is 2.21. The van der Waals surface area contributed by atoms with Crippen LogP contribution in [0.15, 0.2) is 40.2 Å². The molecule has 0 radical (unpaired) electrons. The predicted molar refractivity (Wildman–Crippen MR) is 98.1 cm³/mol. The number of nitrogens with zero attached hydrogens (tertiary/aromatic N) is 4. The molecule has 2 aromatic rings. The summed E-state index contributed by atoms with van der Waals surface area (Å²) >= 11 is 0. The molecule has 0 spiro atoms. The summed E-state index contributed by atoms with van der Waals surface area (Å²) in [7, 11) is 3.60. The van der Waals surface area contributed by atoms with Crippen molar-refractivity contribution in [3.8, 4) is 0 Å². The number of guanidine groups is 1. The van der Waals surface area contributed by atoms with E-state index >= 15 is 0 Å². The Morgan fingerprint density at radius 2 is 2.42 bits per heavy atom. The van der Waals surface area contributed by atoms with Gasteiger partial charge in [0.1, 0.15) is 11.9 Å². The highest BCUT2D eigenvalue weighted by atomic mass is 16.5. The maximum absolute atomic E-state index is 5.93. The van der Waals surface area contributed by atoms with Crippen LogP contribution in [0.4, 0.5) is 0 Å². The van der Waals surface area contributed by atoms with E-state index in [2.05, 4.69) is 20.3 Å². The lowest BCUT2D eigenvalue weighted by atomic mass is 10.1. The molecular weight excluding hydrogens is 334 g/mol. The molecule has 1 unspecified atom stereocenters. The second-order valence-corrected chi connectivity index (χ2v) is 6.21. The van der Waals surface area contributed by atoms with Crippen LogP contribution in [0.3, 0.4) is 0 Å². The number of aromatic nitrogens is 2. The number of ether oxygens (including phenoxy) is 2. The van der Waals surface area contributed by atoms with Crippen LogP contribution in [0, 0.1) is 0 Å². The van der Waals surface area contributed by atoms with Crippen molar-refractivity contribution < 1.29 is 13.9 Å². The maximum atomic E-state index is 5.93. The van der Waals surface area contributed by atoms with Crippen LogP contribution < -0.4 is 5.32 Å². The number of hydrogen-bond acceptors (Lipinski definition) is 5. The summed E-state index contributed by atoms with van der Waals surface area (Å²) < 4.78 is 18.3. The van der Waals surface area contributed by atoms with E-state index in [1.54, 1.807) is 18.1 Å². The van der Waals surface area contributed by atoms with E-state index in [-0.39, 0.29) is 6.10 Å². The van der Waals surface area contributed by atoms with Crippen LogP contribution in [-0.4, -0.2) is 67.1 Å². The van der Waals surface area contributed by atoms with Gasteiger partial charge < -0.3 is 24.1 Å². The molecule has 1 atom stereocenters. The minimum Gasteiger partial charge on any atom is -0.469 e. The molecule has 8 heteroatoms. The van der Waals surface area contributed by atoms with E-state index in [1.165, 1.54) is 0 Å². The SMILES string of the molecule is COCCN=C(NCCc1ccco1)N1CCOC(c2cnn(C)c2)C1. The van der Waals surface area contributed by atoms with Gasteiger partial charge >= 0.3 is 0 Å². The van der Waals surface area contributed by atoms with Crippen molar-refractivity contribution in [1.29, 1.82) is 0 Å². The molecule has 0 saturated carbocycles. The molecule has 1 aliphatic heterocycles. The molecule has 0 amide bonds. The van der Waals surface area contributed by atoms with E-state index in [4.69, 9.17) is 13.9 Å². The molecule has 0 aliphatic carbocycles. The first-order valence-electron chi connectivity index (χ1n) is 8.91. The van der Waals surface area contributed by atoms with Gasteiger partial charge in [-0.25, -0.2) is 0 Å². The van der Waals surface area contributed by atoms with Crippen molar-refractivity contribution in [3.63, 3.8) is 0 Å². The molecule has 0 aromatic carbocycles. The lowest BCUT2D eigenvalue weighted by Gasteiger charge is -2.35. The van der Waals surface area contributed by atoms with Crippen LogP contribution in [0.1, 0.15) is 17.4 Å². The van der Waals surface area contributed by atoms with E-state index in [9.17, 15) is 0 Å². The Morgan fingerprint density at radius 3 is 3.15 bits per heavy atom. The quantitative estimate of drug-likeness (QED) is 0.454. The molecule has 1 saturated heterocycles. The first kappa shape index (κ1) is 18.5. The Balaban J connectivity index is 1.61. The third-order valence-corrected chi connectivity index (χ3v) is 4.25. The topological polar surface area (TPSA) is 77.1 Å². The lowest BCUT2D eigenvalue weighted by molar-refractivity contribution is -0.00809. The van der Waals surface area contributed by atoms with Crippen molar-refractivity contribution in [2.45, 2.75) is 12.5 Å². The molecule has 0 bridgehead atoms. The molecule has 26 heavy (non-hydrogen) atoms. The molecule has 2 aromatic heterocycles. The van der Waals surface area contributed by atoms with Gasteiger partial charge in [-0.1, -0.05) is 0 Å². The van der Waals surface area contributed by atoms with Crippen molar-refractivity contribution in [3.05, 3.63) is 42.1 Å². The smallest absolute Gasteiger partial charge is 0.194 e. The summed E-state index contributed by atoms with van der Waals surface area (Å²) in [6.07, 6.45) is 6.37. The number of methoxy groups -OCH3 is 1. The van der Waals surface area contributed by atoms with E-state index in [0.717, 1.165) is 43.3 Å². The summed E-state index contributed by atoms with van der Waals surface area (Å²) in [5.41, 5.74) is 1.09. The molecule has 1 N–H and O–H groups in total. The first-order valence-corrected chi connectivity index (χ1v) is 8.91. The Morgan fingerprint density at radius 1 is 1.50 bits per heavy atom. The zero-order valence-electron chi connectivity index (χ0n) is 15.4. The third-order valence-electron chi connectivity index (χ3n) is 4.25. The van der Waals surface area contributed by atoms with Crippen LogP contribution >= 0.6 is 0 Å². The van der Waals surface area contributed by atoms with Crippen molar-refractivity contribution in [2.24, 2.45) is 12.0 Å². The summed E-state index contributed by atoms with van der Waals surface area (Å²) in [4.78, 5) is 6.92. The standard InChI is InChI=1S/C18H27N5O3/c1-22-13-15(12-21-22)17-14-23(8-11-26-17)18(20-7-10-24-2)19-6-5-16-4-3-9-25-16/h3-4,9,12-13,17H,5-8,10-11,14H2,1-2H3,(H,19,20). The number of aliphatic imine (C=N–C) groups is 1. The van der Waals surface area contributed by atoms with Gasteiger partial charge in [0.2, 0.25) is 0 Å². The maximum Gasteiger partial charge on any atom is 0.194 e. The number of nitrogens with one attached hydrogen (secondary N) is 1. The van der Waals surface area contributed by atoms with Crippen LogP contribution in [0.2, 0.25) is 0 Å². The number of morpholine rings is 1. The van der Waals surface area contributed by atoms with Gasteiger partial charge in [-0.05, 0) is 12.1 Å². The summed E-state index contributed by atoms with van der Waals surface area (Å²) in [6.45, 7) is 4.17. The normalized spacial score (nSPS) is 18.3. The van der Waals surface area contributed by atoms with Crippen molar-refractivity contribution >= 4 is 5.96 Å². The summed E-state index contributed by atoms with van der Waals surface area (Å²) in [6, 6.07) is 3.89. The van der Waals surface area contributed by atoms with Gasteiger partial charge in [0, 0.05) is 45.4 Å². The third kappa shape index (κ3) is 5.09. The largest absolute Gasteiger partial charge is 0.469 e. The molecule has 142 valence electrons. The van der Waals surface area contributed by atoms with E-state index < -0.39 is 0 Å². The van der Waals surface area contributed by atoms with Gasteiger partial charge in [0.15, 0.2) is 5.96 Å². The van der Waals surface area contributed by atoms with Crippen molar-refractivity contribution in [2.75, 3.05) is 46.5 Å². The van der Waals surface area contributed by atoms with E-state index in [1.807, 2.05) is 31.6 Å². The van der Waals surface area contributed by atoms with Gasteiger partial charge in [-0.15, -0.1) is 0 Å². The molecule has 1 aliphatic rings. The monoisotopic (exact) mass is 361 g/mol. The fourth-order valence-electron chi connectivity index (χ4n) is 2.91. The Bertz CT molecular complexity index is 683. The number of aryl methyl sites for hydroxylation is 1. The Hall–Kier alpha value is -2.32. The lowest BCUT2D eigenvalue weighted by Crippen LogP contribution is -2.48. The second kappa shape index (κ2) is 9.40. The highest BCUT2D eigenvalue weighted by Gasteiger charge is 2.25. The summed E-state index contributed by atoms with van der Waals surface area (Å²) in [5, 5.41) is 7.69. The number of furan rings is 1. The van der Waals surface area contributed by atoms with E-state index in [0.29, 0.717) is 19.8 Å². The highest BCUT2D eigenvalue weighted by molar-refractivity contribution is 5.80. The fourth-order valence-corrected chi connectivity index (χ4v) is 2.91. The van der Waals surface area contributed by atoms with Gasteiger partial charge in [-0.2, -0.15) is 5.10 Å². The Kier molecular flexibility index (Phi) is 6.68. The summed E-state index contributed by atoms with van der Waals surface area (Å²) in [5.74, 6) is 1.84. The minimum absolute atomic E-state index is 0.00283. The van der Waals surface area contributed by atoms with Crippen LogP contribution in [0.25, 0.3) is 0 Å². The molecule has 8 nitrogen and oxygen atoms in total. The van der Waals surface area contributed by atoms with Gasteiger partial charge in [0.05, 0.1) is 38.8 Å². The number of rotatable bonds is 7. The van der Waals surface area contributed by atoms with Gasteiger partial charge in [0.25, 0.3) is 0 Å². The molecule has 3 heterocycles. The Labute approximate surface area is 153 Å². The molecule has 3 rings (SSSR count). The molecule has 1 fully saturated rings. The first-order chi connectivity index (χ1) is 12.8. The average molecular weight is 361 g/mol. The van der Waals surface area contributed by atoms with Crippen LogP contribution in [0.5, 0.6) is 0 Å². The van der Waals surface area contributed by atoms with Crippen molar-refractivity contribution in [1.82, 2.24) is 20.0 Å². The second-order valence-electron chi connectivity index (χ2n) is 6.21. The predicted octanol–water partition coefficient (Wildman–Crippen LogP) is 1.22. The number of hydrogen-bond donors (Lipinski definition) is 1. The zero-order chi connectivity index (χ0) is 18.2.